The Hall–Kier alpha value is -1.36. The predicted molar refractivity (Wildman–Crippen MR) is 84.7 cm³/mol. The highest BCUT2D eigenvalue weighted by atomic mass is 35.5. The van der Waals surface area contributed by atoms with Crippen LogP contribution in [0.5, 0.6) is 0 Å². The Morgan fingerprint density at radius 2 is 2.09 bits per heavy atom. The van der Waals surface area contributed by atoms with E-state index in [9.17, 15) is 0 Å². The standard InChI is InChI=1S/C17H19ClN2O2/c18-14-3-1-13(2-4-14)15-9-19-16(22-15)10-20-7-5-17(11-20)6-8-21-12-17/h1-4,9H,5-8,10-12H2. The minimum atomic E-state index is 0.381. The highest BCUT2D eigenvalue weighted by Crippen LogP contribution is 2.38. The molecule has 4 rings (SSSR count). The van der Waals surface area contributed by atoms with Gasteiger partial charge in [0.1, 0.15) is 0 Å². The van der Waals surface area contributed by atoms with Gasteiger partial charge >= 0.3 is 0 Å². The van der Waals surface area contributed by atoms with E-state index >= 15 is 0 Å². The minimum absolute atomic E-state index is 0.381. The molecule has 2 aliphatic rings. The van der Waals surface area contributed by atoms with E-state index in [0.717, 1.165) is 55.1 Å². The first-order valence-electron chi connectivity index (χ1n) is 7.73. The molecule has 0 saturated carbocycles. The van der Waals surface area contributed by atoms with Gasteiger partial charge in [0, 0.05) is 29.2 Å². The Labute approximate surface area is 135 Å². The maximum atomic E-state index is 5.91. The average Bonchev–Trinajstić information content (AvgIpc) is 3.24. The fourth-order valence-electron chi connectivity index (χ4n) is 3.46. The number of likely N-dealkylation sites (tertiary alicyclic amines) is 1. The van der Waals surface area contributed by atoms with Gasteiger partial charge in [-0.2, -0.15) is 0 Å². The second-order valence-electron chi connectivity index (χ2n) is 6.39. The topological polar surface area (TPSA) is 38.5 Å². The van der Waals surface area contributed by atoms with Crippen LogP contribution in [-0.2, 0) is 11.3 Å². The van der Waals surface area contributed by atoms with Crippen LogP contribution >= 0.6 is 11.6 Å². The summed E-state index contributed by atoms with van der Waals surface area (Å²) in [5.74, 6) is 1.57. The van der Waals surface area contributed by atoms with Gasteiger partial charge in [-0.25, -0.2) is 4.98 Å². The number of nitrogens with zero attached hydrogens (tertiary/aromatic N) is 2. The van der Waals surface area contributed by atoms with Crippen molar-refractivity contribution in [1.82, 2.24) is 9.88 Å². The van der Waals surface area contributed by atoms with Gasteiger partial charge in [-0.15, -0.1) is 0 Å². The van der Waals surface area contributed by atoms with Crippen LogP contribution in [0.3, 0.4) is 0 Å². The predicted octanol–water partition coefficient (Wildman–Crippen LogP) is 3.61. The number of hydrogen-bond acceptors (Lipinski definition) is 4. The van der Waals surface area contributed by atoms with Crippen molar-refractivity contribution in [3.8, 4) is 11.3 Å². The molecule has 1 spiro atoms. The summed E-state index contributed by atoms with van der Waals surface area (Å²) in [7, 11) is 0. The molecule has 0 amide bonds. The highest BCUT2D eigenvalue weighted by molar-refractivity contribution is 6.30. The van der Waals surface area contributed by atoms with E-state index in [-0.39, 0.29) is 0 Å². The lowest BCUT2D eigenvalue weighted by Gasteiger charge is -2.21. The third-order valence-electron chi connectivity index (χ3n) is 4.74. The first-order chi connectivity index (χ1) is 10.7. The molecule has 1 atom stereocenters. The van der Waals surface area contributed by atoms with Crippen LogP contribution in [0, 0.1) is 5.41 Å². The lowest BCUT2D eigenvalue weighted by molar-refractivity contribution is 0.150. The number of benzene rings is 1. The monoisotopic (exact) mass is 318 g/mol. The maximum Gasteiger partial charge on any atom is 0.209 e. The lowest BCUT2D eigenvalue weighted by Crippen LogP contribution is -2.27. The van der Waals surface area contributed by atoms with Crippen LogP contribution in [-0.4, -0.2) is 36.2 Å². The molecule has 0 bridgehead atoms. The van der Waals surface area contributed by atoms with Gasteiger partial charge in [0.25, 0.3) is 0 Å². The summed E-state index contributed by atoms with van der Waals surface area (Å²) < 4.78 is 11.5. The number of hydrogen-bond donors (Lipinski definition) is 0. The highest BCUT2D eigenvalue weighted by Gasteiger charge is 2.41. The molecule has 2 fully saturated rings. The molecule has 4 nitrogen and oxygen atoms in total. The Kier molecular flexibility index (Phi) is 3.68. The zero-order valence-electron chi connectivity index (χ0n) is 12.4. The average molecular weight is 319 g/mol. The summed E-state index contributed by atoms with van der Waals surface area (Å²) in [6, 6.07) is 7.63. The molecule has 5 heteroatoms. The van der Waals surface area contributed by atoms with Crippen molar-refractivity contribution in [2.24, 2.45) is 5.41 Å². The molecule has 22 heavy (non-hydrogen) atoms. The van der Waals surface area contributed by atoms with Crippen LogP contribution in [0.25, 0.3) is 11.3 Å². The van der Waals surface area contributed by atoms with Crippen LogP contribution < -0.4 is 0 Å². The Balaban J connectivity index is 1.43. The van der Waals surface area contributed by atoms with E-state index in [1.807, 2.05) is 24.3 Å². The van der Waals surface area contributed by atoms with E-state index in [1.54, 1.807) is 6.20 Å². The molecule has 0 radical (unpaired) electrons. The van der Waals surface area contributed by atoms with Gasteiger partial charge in [0.15, 0.2) is 5.76 Å². The molecule has 0 N–H and O–H groups in total. The first kappa shape index (κ1) is 14.2. The van der Waals surface area contributed by atoms with E-state index in [0.29, 0.717) is 5.41 Å². The summed E-state index contributed by atoms with van der Waals surface area (Å²) in [6.07, 6.45) is 4.20. The molecule has 2 aromatic rings. The lowest BCUT2D eigenvalue weighted by atomic mass is 9.87. The van der Waals surface area contributed by atoms with Crippen LogP contribution in [0.2, 0.25) is 5.02 Å². The molecule has 3 heterocycles. The second-order valence-corrected chi connectivity index (χ2v) is 6.82. The Morgan fingerprint density at radius 1 is 1.23 bits per heavy atom. The van der Waals surface area contributed by atoms with E-state index in [2.05, 4.69) is 9.88 Å². The summed E-state index contributed by atoms with van der Waals surface area (Å²) in [4.78, 5) is 6.84. The summed E-state index contributed by atoms with van der Waals surface area (Å²) >= 11 is 5.91. The van der Waals surface area contributed by atoms with Gasteiger partial charge in [-0.3, -0.25) is 4.90 Å². The number of aromatic nitrogens is 1. The third-order valence-corrected chi connectivity index (χ3v) is 5.00. The largest absolute Gasteiger partial charge is 0.439 e. The molecule has 1 aromatic carbocycles. The van der Waals surface area contributed by atoms with Crippen molar-refractivity contribution in [1.29, 1.82) is 0 Å². The number of rotatable bonds is 3. The molecule has 2 aliphatic heterocycles. The number of ether oxygens (including phenoxy) is 1. The zero-order chi connectivity index (χ0) is 15.0. The molecular formula is C17H19ClN2O2. The second kappa shape index (κ2) is 5.69. The Morgan fingerprint density at radius 3 is 2.86 bits per heavy atom. The van der Waals surface area contributed by atoms with E-state index in [4.69, 9.17) is 20.8 Å². The summed E-state index contributed by atoms with van der Waals surface area (Å²) in [5, 5.41) is 0.727. The Bertz CT molecular complexity index is 647. The fourth-order valence-corrected chi connectivity index (χ4v) is 3.58. The molecule has 1 unspecified atom stereocenters. The van der Waals surface area contributed by atoms with Gasteiger partial charge < -0.3 is 9.15 Å². The van der Waals surface area contributed by atoms with Crippen molar-refractivity contribution in [2.75, 3.05) is 26.3 Å². The molecule has 1 aromatic heterocycles. The smallest absolute Gasteiger partial charge is 0.209 e. The molecule has 2 saturated heterocycles. The van der Waals surface area contributed by atoms with Crippen molar-refractivity contribution in [3.05, 3.63) is 41.4 Å². The van der Waals surface area contributed by atoms with Gasteiger partial charge in [-0.1, -0.05) is 11.6 Å². The normalized spacial score (nSPS) is 25.3. The molecular weight excluding hydrogens is 300 g/mol. The van der Waals surface area contributed by atoms with Crippen molar-refractivity contribution >= 4 is 11.6 Å². The SMILES string of the molecule is Clc1ccc(-c2cnc(CN3CCC4(CCOC4)C3)o2)cc1. The first-order valence-corrected chi connectivity index (χ1v) is 8.11. The summed E-state index contributed by atoms with van der Waals surface area (Å²) in [6.45, 7) is 4.78. The quantitative estimate of drug-likeness (QED) is 0.866. The van der Waals surface area contributed by atoms with E-state index < -0.39 is 0 Å². The number of halogens is 1. The maximum absolute atomic E-state index is 5.91. The van der Waals surface area contributed by atoms with Gasteiger partial charge in [0.2, 0.25) is 5.89 Å². The van der Waals surface area contributed by atoms with Gasteiger partial charge in [0.05, 0.1) is 19.3 Å². The van der Waals surface area contributed by atoms with Crippen LogP contribution in [0.4, 0.5) is 0 Å². The third kappa shape index (κ3) is 2.78. The zero-order valence-corrected chi connectivity index (χ0v) is 13.2. The fraction of sp³-hybridized carbons (Fsp3) is 0.471. The van der Waals surface area contributed by atoms with Crippen molar-refractivity contribution in [3.63, 3.8) is 0 Å². The molecule has 116 valence electrons. The van der Waals surface area contributed by atoms with E-state index in [1.165, 1.54) is 12.8 Å². The summed E-state index contributed by atoms with van der Waals surface area (Å²) in [5.41, 5.74) is 1.39. The van der Waals surface area contributed by atoms with Crippen LogP contribution in [0.15, 0.2) is 34.9 Å². The van der Waals surface area contributed by atoms with Crippen LogP contribution in [0.1, 0.15) is 18.7 Å². The number of oxazole rings is 1. The minimum Gasteiger partial charge on any atom is -0.439 e. The van der Waals surface area contributed by atoms with Crippen molar-refractivity contribution < 1.29 is 9.15 Å². The van der Waals surface area contributed by atoms with Crippen molar-refractivity contribution in [2.45, 2.75) is 19.4 Å². The van der Waals surface area contributed by atoms with Gasteiger partial charge in [-0.05, 0) is 43.7 Å². The molecule has 0 aliphatic carbocycles.